The highest BCUT2D eigenvalue weighted by Crippen LogP contribution is 2.19. The molecule has 0 aliphatic rings. The number of fused-ring (bicyclic) bond motifs is 1. The van der Waals surface area contributed by atoms with Gasteiger partial charge in [-0.1, -0.05) is 11.6 Å². The lowest BCUT2D eigenvalue weighted by Gasteiger charge is -2.09. The van der Waals surface area contributed by atoms with E-state index in [2.05, 4.69) is 10.3 Å². The highest BCUT2D eigenvalue weighted by atomic mass is 16.2. The molecule has 3 aromatic rings. The molecule has 3 N–H and O–H groups in total. The predicted molar refractivity (Wildman–Crippen MR) is 94.1 cm³/mol. The minimum absolute atomic E-state index is 0.241. The Balaban J connectivity index is 1.90. The van der Waals surface area contributed by atoms with E-state index in [9.17, 15) is 9.59 Å². The standard InChI is InChI=1S/C19H17N3O2/c1-11-3-8-17-14(9-11)10-16(12(2)21-17)19(24)22-15-6-4-13(5-7-15)18(20)23/h3-10H,1-2H3,(H2,20,23)(H,22,24). The van der Waals surface area contributed by atoms with E-state index in [-0.39, 0.29) is 5.91 Å². The molecule has 120 valence electrons. The van der Waals surface area contributed by atoms with Gasteiger partial charge in [-0.3, -0.25) is 14.6 Å². The van der Waals surface area contributed by atoms with Gasteiger partial charge in [0.05, 0.1) is 16.8 Å². The van der Waals surface area contributed by atoms with Crippen molar-refractivity contribution >= 4 is 28.4 Å². The van der Waals surface area contributed by atoms with Crippen LogP contribution in [0.1, 0.15) is 32.0 Å². The van der Waals surface area contributed by atoms with Crippen molar-refractivity contribution in [2.45, 2.75) is 13.8 Å². The molecule has 3 rings (SSSR count). The summed E-state index contributed by atoms with van der Waals surface area (Å²) in [7, 11) is 0. The first kappa shape index (κ1) is 15.7. The summed E-state index contributed by atoms with van der Waals surface area (Å²) in [5.74, 6) is -0.743. The molecule has 24 heavy (non-hydrogen) atoms. The van der Waals surface area contributed by atoms with E-state index in [1.54, 1.807) is 24.3 Å². The number of nitrogens with one attached hydrogen (secondary N) is 1. The quantitative estimate of drug-likeness (QED) is 0.777. The molecule has 0 aliphatic heterocycles. The van der Waals surface area contributed by atoms with Crippen molar-refractivity contribution in [2.24, 2.45) is 5.73 Å². The average Bonchev–Trinajstić information content (AvgIpc) is 2.55. The zero-order chi connectivity index (χ0) is 17.3. The lowest BCUT2D eigenvalue weighted by Crippen LogP contribution is -2.15. The van der Waals surface area contributed by atoms with Crippen LogP contribution in [0.2, 0.25) is 0 Å². The minimum Gasteiger partial charge on any atom is -0.366 e. The number of carbonyl (C=O) groups excluding carboxylic acids is 2. The molecule has 1 heterocycles. The van der Waals surface area contributed by atoms with E-state index < -0.39 is 5.91 Å². The van der Waals surface area contributed by atoms with Crippen LogP contribution < -0.4 is 11.1 Å². The summed E-state index contributed by atoms with van der Waals surface area (Å²) >= 11 is 0. The van der Waals surface area contributed by atoms with Gasteiger partial charge in [-0.2, -0.15) is 0 Å². The van der Waals surface area contributed by atoms with E-state index >= 15 is 0 Å². The lowest BCUT2D eigenvalue weighted by atomic mass is 10.1. The maximum Gasteiger partial charge on any atom is 0.257 e. The van der Waals surface area contributed by atoms with Crippen LogP contribution in [0.25, 0.3) is 10.9 Å². The Labute approximate surface area is 139 Å². The first-order chi connectivity index (χ1) is 11.4. The van der Waals surface area contributed by atoms with Gasteiger partial charge in [0.1, 0.15) is 0 Å². The molecule has 0 unspecified atom stereocenters. The number of nitrogens with zero attached hydrogens (tertiary/aromatic N) is 1. The first-order valence-corrected chi connectivity index (χ1v) is 7.53. The SMILES string of the molecule is Cc1ccc2nc(C)c(C(=O)Nc3ccc(C(N)=O)cc3)cc2c1. The van der Waals surface area contributed by atoms with Gasteiger partial charge >= 0.3 is 0 Å². The Kier molecular flexibility index (Phi) is 4.00. The molecule has 0 saturated carbocycles. The molecule has 5 nitrogen and oxygen atoms in total. The van der Waals surface area contributed by atoms with Crippen LogP contribution in [0.5, 0.6) is 0 Å². The summed E-state index contributed by atoms with van der Waals surface area (Å²) in [4.78, 5) is 28.1. The number of benzene rings is 2. The number of pyridine rings is 1. The smallest absolute Gasteiger partial charge is 0.257 e. The number of hydrogen-bond acceptors (Lipinski definition) is 3. The fourth-order valence-electron chi connectivity index (χ4n) is 2.54. The van der Waals surface area contributed by atoms with Gasteiger partial charge in [-0.25, -0.2) is 0 Å². The zero-order valence-electron chi connectivity index (χ0n) is 13.5. The molecule has 0 aliphatic carbocycles. The molecule has 2 aromatic carbocycles. The van der Waals surface area contributed by atoms with Crippen LogP contribution >= 0.6 is 0 Å². The Bertz CT molecular complexity index is 947. The van der Waals surface area contributed by atoms with Crippen molar-refractivity contribution in [3.63, 3.8) is 0 Å². The third-order valence-electron chi connectivity index (χ3n) is 3.83. The highest BCUT2D eigenvalue weighted by Gasteiger charge is 2.12. The molecular formula is C19H17N3O2. The van der Waals surface area contributed by atoms with E-state index in [0.29, 0.717) is 22.5 Å². The van der Waals surface area contributed by atoms with Crippen LogP contribution in [-0.4, -0.2) is 16.8 Å². The highest BCUT2D eigenvalue weighted by molar-refractivity contribution is 6.07. The number of aryl methyl sites for hydroxylation is 2. The van der Waals surface area contributed by atoms with Crippen LogP contribution in [0.4, 0.5) is 5.69 Å². The molecule has 0 spiro atoms. The zero-order valence-corrected chi connectivity index (χ0v) is 13.5. The molecule has 5 heteroatoms. The Morgan fingerprint density at radius 2 is 1.71 bits per heavy atom. The van der Waals surface area contributed by atoms with Gasteiger partial charge in [0, 0.05) is 16.6 Å². The van der Waals surface area contributed by atoms with Crippen LogP contribution in [0.3, 0.4) is 0 Å². The average molecular weight is 319 g/mol. The number of anilines is 1. The first-order valence-electron chi connectivity index (χ1n) is 7.53. The predicted octanol–water partition coefficient (Wildman–Crippen LogP) is 3.20. The molecule has 1 aromatic heterocycles. The van der Waals surface area contributed by atoms with E-state index in [1.807, 2.05) is 38.1 Å². The fourth-order valence-corrected chi connectivity index (χ4v) is 2.54. The number of amides is 2. The Morgan fingerprint density at radius 3 is 2.38 bits per heavy atom. The van der Waals surface area contributed by atoms with Gasteiger partial charge in [0.25, 0.3) is 5.91 Å². The number of primary amides is 1. The van der Waals surface area contributed by atoms with E-state index in [4.69, 9.17) is 5.73 Å². The molecule has 0 atom stereocenters. The normalized spacial score (nSPS) is 10.6. The molecule has 0 fully saturated rings. The van der Waals surface area contributed by atoms with Crippen molar-refractivity contribution in [3.05, 3.63) is 70.9 Å². The van der Waals surface area contributed by atoms with Crippen LogP contribution in [-0.2, 0) is 0 Å². The summed E-state index contributed by atoms with van der Waals surface area (Å²) in [5, 5.41) is 3.74. The van der Waals surface area contributed by atoms with Gasteiger partial charge < -0.3 is 11.1 Å². The molecule has 0 bridgehead atoms. The van der Waals surface area contributed by atoms with Gasteiger partial charge in [0.2, 0.25) is 5.91 Å². The summed E-state index contributed by atoms with van der Waals surface area (Å²) in [5.41, 5.74) is 9.35. The van der Waals surface area contributed by atoms with Crippen molar-refractivity contribution in [2.75, 3.05) is 5.32 Å². The van der Waals surface area contributed by atoms with Gasteiger partial charge in [0.15, 0.2) is 0 Å². The third kappa shape index (κ3) is 3.10. The second-order valence-corrected chi connectivity index (χ2v) is 5.71. The topological polar surface area (TPSA) is 85.1 Å². The number of carbonyl (C=O) groups is 2. The lowest BCUT2D eigenvalue weighted by molar-refractivity contribution is 0.0998. The van der Waals surface area contributed by atoms with E-state index in [1.165, 1.54) is 0 Å². The second kappa shape index (κ2) is 6.12. The van der Waals surface area contributed by atoms with Crippen molar-refractivity contribution in [1.82, 2.24) is 4.98 Å². The van der Waals surface area contributed by atoms with Gasteiger partial charge in [-0.05, 0) is 56.3 Å². The monoisotopic (exact) mass is 319 g/mol. The third-order valence-corrected chi connectivity index (χ3v) is 3.83. The summed E-state index contributed by atoms with van der Waals surface area (Å²) < 4.78 is 0. The molecule has 0 radical (unpaired) electrons. The number of hydrogen-bond donors (Lipinski definition) is 2. The fraction of sp³-hybridized carbons (Fsp3) is 0.105. The molecule has 0 saturated heterocycles. The van der Waals surface area contributed by atoms with Crippen molar-refractivity contribution < 1.29 is 9.59 Å². The molecular weight excluding hydrogens is 302 g/mol. The number of nitrogens with two attached hydrogens (primary N) is 1. The summed E-state index contributed by atoms with van der Waals surface area (Å²) in [6.07, 6.45) is 0. The summed E-state index contributed by atoms with van der Waals surface area (Å²) in [6.45, 7) is 3.81. The van der Waals surface area contributed by atoms with Crippen molar-refractivity contribution in [1.29, 1.82) is 0 Å². The van der Waals surface area contributed by atoms with Crippen molar-refractivity contribution in [3.8, 4) is 0 Å². The Hall–Kier alpha value is -3.21. The Morgan fingerprint density at radius 1 is 1.00 bits per heavy atom. The molecule has 2 amide bonds. The maximum absolute atomic E-state index is 12.5. The van der Waals surface area contributed by atoms with E-state index in [0.717, 1.165) is 16.5 Å². The maximum atomic E-state index is 12.5. The number of rotatable bonds is 3. The largest absolute Gasteiger partial charge is 0.366 e. The van der Waals surface area contributed by atoms with Crippen LogP contribution in [0.15, 0.2) is 48.5 Å². The minimum atomic E-state index is -0.502. The second-order valence-electron chi connectivity index (χ2n) is 5.71. The summed E-state index contributed by atoms with van der Waals surface area (Å²) in [6, 6.07) is 14.2. The van der Waals surface area contributed by atoms with Gasteiger partial charge in [-0.15, -0.1) is 0 Å². The number of aromatic nitrogens is 1. The van der Waals surface area contributed by atoms with Crippen LogP contribution in [0, 0.1) is 13.8 Å².